The highest BCUT2D eigenvalue weighted by Gasteiger charge is 2.51. The van der Waals surface area contributed by atoms with Gasteiger partial charge in [-0.15, -0.1) is 11.3 Å². The number of hydrogen-bond acceptors (Lipinski definition) is 4. The van der Waals surface area contributed by atoms with E-state index in [0.717, 1.165) is 21.5 Å². The van der Waals surface area contributed by atoms with E-state index in [1.165, 1.54) is 10.1 Å². The predicted octanol–water partition coefficient (Wildman–Crippen LogP) is 2.63. The van der Waals surface area contributed by atoms with E-state index in [0.29, 0.717) is 5.69 Å². The molecule has 0 spiro atoms. The minimum atomic E-state index is -0.456. The number of nitrogens with two attached hydrogens (primary N) is 2. The molecule has 1 saturated heterocycles. The highest BCUT2D eigenvalue weighted by atomic mass is 32.1. The van der Waals surface area contributed by atoms with Gasteiger partial charge in [0, 0.05) is 15.1 Å². The van der Waals surface area contributed by atoms with Crippen LogP contribution >= 0.6 is 11.3 Å². The Kier molecular flexibility index (Phi) is 4.18. The molecule has 2 heterocycles. The SMILES string of the molecule is CC1(C)OB(c2cc(C=[NH2+])c(N)c(-c3cc4ccccc4s3)c2)OC1(C)C. The molecule has 0 bridgehead atoms. The lowest BCUT2D eigenvalue weighted by molar-refractivity contribution is -0.104. The van der Waals surface area contributed by atoms with Gasteiger partial charge < -0.3 is 15.0 Å². The van der Waals surface area contributed by atoms with Crippen LogP contribution in [0.1, 0.15) is 33.3 Å². The molecular weight excluding hydrogens is 355 g/mol. The first-order chi connectivity index (χ1) is 12.7. The van der Waals surface area contributed by atoms with Crippen LogP contribution < -0.4 is 16.6 Å². The smallest absolute Gasteiger partial charge is 0.399 e. The molecule has 6 heteroatoms. The van der Waals surface area contributed by atoms with E-state index in [4.69, 9.17) is 20.5 Å². The largest absolute Gasteiger partial charge is 0.494 e. The third-order valence-electron chi connectivity index (χ3n) is 5.63. The Morgan fingerprint density at radius 3 is 2.33 bits per heavy atom. The molecule has 27 heavy (non-hydrogen) atoms. The van der Waals surface area contributed by atoms with Gasteiger partial charge in [0.05, 0.1) is 22.5 Å². The lowest BCUT2D eigenvalue weighted by Gasteiger charge is -2.32. The van der Waals surface area contributed by atoms with Gasteiger partial charge >= 0.3 is 7.12 Å². The zero-order valence-corrected chi connectivity index (χ0v) is 16.9. The third kappa shape index (κ3) is 2.98. The molecular formula is C21H24BN2O2S+. The fourth-order valence-electron chi connectivity index (χ4n) is 3.27. The van der Waals surface area contributed by atoms with Crippen LogP contribution in [0.15, 0.2) is 42.5 Å². The maximum atomic E-state index is 6.44. The van der Waals surface area contributed by atoms with Gasteiger partial charge in [-0.05, 0) is 56.7 Å². The fraction of sp³-hybridized carbons (Fsp3) is 0.286. The molecule has 1 fully saturated rings. The quantitative estimate of drug-likeness (QED) is 0.418. The minimum Gasteiger partial charge on any atom is -0.399 e. The van der Waals surface area contributed by atoms with Crippen molar-refractivity contribution in [2.24, 2.45) is 0 Å². The Morgan fingerprint density at radius 2 is 1.70 bits per heavy atom. The van der Waals surface area contributed by atoms with Crippen molar-refractivity contribution in [3.8, 4) is 10.4 Å². The van der Waals surface area contributed by atoms with Crippen LogP contribution in [-0.2, 0) is 9.31 Å². The molecule has 4 nitrogen and oxygen atoms in total. The normalized spacial score (nSPS) is 18.1. The molecule has 1 aromatic heterocycles. The Hall–Kier alpha value is -2.15. The monoisotopic (exact) mass is 379 g/mol. The number of fused-ring (bicyclic) bond motifs is 1. The van der Waals surface area contributed by atoms with Crippen molar-refractivity contribution in [2.45, 2.75) is 38.9 Å². The van der Waals surface area contributed by atoms with E-state index in [-0.39, 0.29) is 0 Å². The summed E-state index contributed by atoms with van der Waals surface area (Å²) in [4.78, 5) is 1.11. The molecule has 0 radical (unpaired) electrons. The predicted molar refractivity (Wildman–Crippen MR) is 114 cm³/mol. The van der Waals surface area contributed by atoms with Crippen LogP contribution in [0, 0.1) is 0 Å². The standard InChI is InChI=1S/C21H23BN2O2S/c1-20(2)21(3,4)26-22(25-20)15-9-14(12-23)19(24)16(11-15)18-10-13-7-5-6-8-17(13)27-18/h5-12,23H,24H2,1-4H3/p+1. The summed E-state index contributed by atoms with van der Waals surface area (Å²) < 4.78 is 13.7. The van der Waals surface area contributed by atoms with Crippen LogP contribution in [0.4, 0.5) is 5.69 Å². The number of rotatable bonds is 3. The minimum absolute atomic E-state index is 0.399. The van der Waals surface area contributed by atoms with Crippen molar-refractivity contribution in [3.63, 3.8) is 0 Å². The third-order valence-corrected chi connectivity index (χ3v) is 6.78. The van der Waals surface area contributed by atoms with Crippen LogP contribution in [0.2, 0.25) is 0 Å². The first-order valence-corrected chi connectivity index (χ1v) is 9.86. The van der Waals surface area contributed by atoms with Crippen LogP contribution in [-0.4, -0.2) is 24.5 Å². The molecule has 3 aromatic rings. The van der Waals surface area contributed by atoms with Gasteiger partial charge in [0.25, 0.3) is 0 Å². The lowest BCUT2D eigenvalue weighted by Crippen LogP contribution is -2.41. The second-order valence-corrected chi connectivity index (χ2v) is 9.06. The fourth-order valence-corrected chi connectivity index (χ4v) is 4.36. The van der Waals surface area contributed by atoms with E-state index in [9.17, 15) is 0 Å². The molecule has 0 saturated carbocycles. The second kappa shape index (κ2) is 6.19. The number of hydrogen-bond donors (Lipinski definition) is 2. The summed E-state index contributed by atoms with van der Waals surface area (Å²) in [6, 6.07) is 14.5. The number of anilines is 1. The van der Waals surface area contributed by atoms with Crippen LogP contribution in [0.5, 0.6) is 0 Å². The van der Waals surface area contributed by atoms with Gasteiger partial charge in [-0.2, -0.15) is 0 Å². The zero-order chi connectivity index (χ0) is 19.4. The summed E-state index contributed by atoms with van der Waals surface area (Å²) in [6.45, 7) is 8.20. The molecule has 1 aliphatic rings. The summed E-state index contributed by atoms with van der Waals surface area (Å²) in [5.41, 5.74) is 8.98. The van der Waals surface area contributed by atoms with Crippen molar-refractivity contribution in [3.05, 3.63) is 48.0 Å². The molecule has 0 aliphatic carbocycles. The number of thiophene rings is 1. The molecule has 138 valence electrons. The maximum Gasteiger partial charge on any atom is 0.494 e. The van der Waals surface area contributed by atoms with Crippen molar-refractivity contribution in [1.29, 1.82) is 0 Å². The molecule has 4 rings (SSSR count). The van der Waals surface area contributed by atoms with E-state index in [2.05, 4.69) is 24.3 Å². The number of benzene rings is 2. The molecule has 4 N–H and O–H groups in total. The van der Waals surface area contributed by atoms with Crippen molar-refractivity contribution < 1.29 is 14.7 Å². The summed E-state index contributed by atoms with van der Waals surface area (Å²) in [5.74, 6) is 0. The maximum absolute atomic E-state index is 6.44. The molecule has 0 amide bonds. The number of nitrogen functional groups attached to an aromatic ring is 1. The van der Waals surface area contributed by atoms with Gasteiger partial charge in [-0.1, -0.05) is 24.3 Å². The Balaban J connectivity index is 1.84. The first kappa shape index (κ1) is 18.2. The average Bonchev–Trinajstić information content (AvgIpc) is 3.13. The Bertz CT molecular complexity index is 993. The highest BCUT2D eigenvalue weighted by Crippen LogP contribution is 2.39. The van der Waals surface area contributed by atoms with Crippen LogP contribution in [0.25, 0.3) is 20.5 Å². The zero-order valence-electron chi connectivity index (χ0n) is 16.1. The molecule has 0 atom stereocenters. The van der Waals surface area contributed by atoms with Crippen LogP contribution in [0.3, 0.4) is 0 Å². The van der Waals surface area contributed by atoms with E-state index < -0.39 is 18.3 Å². The summed E-state index contributed by atoms with van der Waals surface area (Å²) in [7, 11) is -0.456. The van der Waals surface area contributed by atoms with E-state index >= 15 is 0 Å². The van der Waals surface area contributed by atoms with Crippen molar-refractivity contribution >= 4 is 45.9 Å². The average molecular weight is 379 g/mol. The van der Waals surface area contributed by atoms with Gasteiger partial charge in [-0.25, -0.2) is 0 Å². The van der Waals surface area contributed by atoms with E-state index in [1.807, 2.05) is 45.9 Å². The first-order valence-electron chi connectivity index (χ1n) is 9.05. The van der Waals surface area contributed by atoms with Crippen molar-refractivity contribution in [2.75, 3.05) is 5.73 Å². The second-order valence-electron chi connectivity index (χ2n) is 7.97. The Labute approximate surface area is 164 Å². The van der Waals surface area contributed by atoms with Gasteiger partial charge in [0.2, 0.25) is 0 Å². The Morgan fingerprint density at radius 1 is 1.04 bits per heavy atom. The highest BCUT2D eigenvalue weighted by molar-refractivity contribution is 7.22. The lowest BCUT2D eigenvalue weighted by atomic mass is 9.77. The molecule has 2 aromatic carbocycles. The summed E-state index contributed by atoms with van der Waals surface area (Å²) >= 11 is 1.72. The molecule has 0 unspecified atom stereocenters. The topological polar surface area (TPSA) is 70.1 Å². The van der Waals surface area contributed by atoms with Gasteiger partial charge in [-0.3, -0.25) is 5.41 Å². The summed E-state index contributed by atoms with van der Waals surface area (Å²) in [6.07, 6.45) is 1.54. The van der Waals surface area contributed by atoms with E-state index in [1.54, 1.807) is 17.6 Å². The van der Waals surface area contributed by atoms with Gasteiger partial charge in [0.15, 0.2) is 6.21 Å². The van der Waals surface area contributed by atoms with Crippen molar-refractivity contribution in [1.82, 2.24) is 0 Å². The summed E-state index contributed by atoms with van der Waals surface area (Å²) in [5, 5.41) is 7.07. The molecule has 1 aliphatic heterocycles. The van der Waals surface area contributed by atoms with Gasteiger partial charge in [0.1, 0.15) is 0 Å².